The van der Waals surface area contributed by atoms with Gasteiger partial charge in [-0.15, -0.1) is 0 Å². The predicted octanol–water partition coefficient (Wildman–Crippen LogP) is 1.55. The van der Waals surface area contributed by atoms with Crippen molar-refractivity contribution in [2.45, 2.75) is 13.0 Å². The molecule has 1 atom stereocenters. The molecular weight excluding hydrogens is 220 g/mol. The molecule has 1 rings (SSSR count). The smallest absolute Gasteiger partial charge is 0.341 e. The molecule has 0 aliphatic rings. The van der Waals surface area contributed by atoms with Gasteiger partial charge in [-0.25, -0.2) is 14.2 Å². The first-order chi connectivity index (χ1) is 7.56. The number of rotatable bonds is 4. The Hall–Kier alpha value is -1.56. The van der Waals surface area contributed by atoms with Gasteiger partial charge in [0.25, 0.3) is 0 Å². The van der Waals surface area contributed by atoms with Crippen molar-refractivity contribution in [1.29, 1.82) is 0 Å². The zero-order chi connectivity index (χ0) is 12.1. The molecule has 0 N–H and O–H groups in total. The molecule has 0 aliphatic heterocycles. The van der Waals surface area contributed by atoms with Crippen LogP contribution in [0.15, 0.2) is 12.3 Å². The lowest BCUT2D eigenvalue weighted by molar-refractivity contribution is 0.0114. The number of methoxy groups -OCH3 is 1. The third-order valence-electron chi connectivity index (χ3n) is 1.78. The van der Waals surface area contributed by atoms with E-state index < -0.39 is 29.4 Å². The average molecular weight is 231 g/mol. The van der Waals surface area contributed by atoms with Crippen LogP contribution in [-0.2, 0) is 9.47 Å². The predicted molar refractivity (Wildman–Crippen MR) is 50.9 cm³/mol. The minimum absolute atomic E-state index is 0.181. The lowest BCUT2D eigenvalue weighted by Crippen LogP contribution is -2.20. The fraction of sp³-hybridized carbons (Fsp3) is 0.400. The third kappa shape index (κ3) is 2.96. The summed E-state index contributed by atoms with van der Waals surface area (Å²) in [6, 6.07) is 1.06. The van der Waals surface area contributed by atoms with Gasteiger partial charge in [0.05, 0.1) is 6.61 Å². The number of hydrogen-bond acceptors (Lipinski definition) is 4. The molecule has 88 valence electrons. The van der Waals surface area contributed by atoms with Crippen molar-refractivity contribution in [2.24, 2.45) is 0 Å². The van der Waals surface area contributed by atoms with Gasteiger partial charge in [0, 0.05) is 13.3 Å². The van der Waals surface area contributed by atoms with Crippen molar-refractivity contribution in [3.8, 4) is 0 Å². The molecule has 0 spiro atoms. The Morgan fingerprint density at radius 2 is 2.25 bits per heavy atom. The van der Waals surface area contributed by atoms with Gasteiger partial charge < -0.3 is 9.47 Å². The molecule has 0 aliphatic carbocycles. The second kappa shape index (κ2) is 5.50. The highest BCUT2D eigenvalue weighted by Crippen LogP contribution is 2.11. The normalized spacial score (nSPS) is 12.2. The standard InChI is InChI=1S/C10H11F2NO3/c1-6(5-15-2)16-10(14)7-3-4-13-9(12)8(7)11/h3-4,6H,5H2,1-2H3. The Labute approximate surface area is 91.2 Å². The first kappa shape index (κ1) is 12.5. The zero-order valence-electron chi connectivity index (χ0n) is 8.87. The summed E-state index contributed by atoms with van der Waals surface area (Å²) in [7, 11) is 1.44. The molecule has 1 unspecified atom stereocenters. The minimum Gasteiger partial charge on any atom is -0.457 e. The molecule has 0 saturated heterocycles. The van der Waals surface area contributed by atoms with E-state index >= 15 is 0 Å². The van der Waals surface area contributed by atoms with E-state index in [0.29, 0.717) is 0 Å². The SMILES string of the molecule is COCC(C)OC(=O)c1ccnc(F)c1F. The van der Waals surface area contributed by atoms with Gasteiger partial charge in [-0.05, 0) is 13.0 Å². The zero-order valence-corrected chi connectivity index (χ0v) is 8.87. The van der Waals surface area contributed by atoms with E-state index in [4.69, 9.17) is 9.47 Å². The average Bonchev–Trinajstić information content (AvgIpc) is 2.22. The number of hydrogen-bond donors (Lipinski definition) is 0. The molecule has 0 bridgehead atoms. The Morgan fingerprint density at radius 1 is 1.56 bits per heavy atom. The van der Waals surface area contributed by atoms with Crippen LogP contribution in [0.5, 0.6) is 0 Å². The van der Waals surface area contributed by atoms with Gasteiger partial charge in [-0.3, -0.25) is 0 Å². The van der Waals surface area contributed by atoms with E-state index in [1.54, 1.807) is 6.92 Å². The van der Waals surface area contributed by atoms with E-state index in [1.165, 1.54) is 7.11 Å². The Balaban J connectivity index is 2.77. The van der Waals surface area contributed by atoms with Crippen LogP contribution in [0.4, 0.5) is 8.78 Å². The molecule has 1 aromatic rings. The molecule has 0 amide bonds. The van der Waals surface area contributed by atoms with Gasteiger partial charge in [-0.1, -0.05) is 0 Å². The van der Waals surface area contributed by atoms with Gasteiger partial charge in [0.1, 0.15) is 11.7 Å². The Kier molecular flexibility index (Phi) is 4.30. The van der Waals surface area contributed by atoms with E-state index in [-0.39, 0.29) is 6.61 Å². The van der Waals surface area contributed by atoms with E-state index in [2.05, 4.69) is 4.98 Å². The molecular formula is C10H11F2NO3. The number of nitrogens with zero attached hydrogens (tertiary/aromatic N) is 1. The summed E-state index contributed by atoms with van der Waals surface area (Å²) in [4.78, 5) is 14.5. The fourth-order valence-corrected chi connectivity index (χ4v) is 1.09. The number of carbonyl (C=O) groups is 1. The highest BCUT2D eigenvalue weighted by molar-refractivity contribution is 5.89. The maximum Gasteiger partial charge on any atom is 0.341 e. The second-order valence-electron chi connectivity index (χ2n) is 3.13. The summed E-state index contributed by atoms with van der Waals surface area (Å²) in [5.41, 5.74) is -0.476. The molecule has 1 aromatic heterocycles. The largest absolute Gasteiger partial charge is 0.457 e. The number of ether oxygens (including phenoxy) is 2. The summed E-state index contributed by atoms with van der Waals surface area (Å²) in [5.74, 6) is -3.57. The lowest BCUT2D eigenvalue weighted by atomic mass is 10.2. The monoisotopic (exact) mass is 231 g/mol. The summed E-state index contributed by atoms with van der Waals surface area (Å²) < 4.78 is 35.4. The fourth-order valence-electron chi connectivity index (χ4n) is 1.09. The summed E-state index contributed by atoms with van der Waals surface area (Å²) in [6.07, 6.45) is 0.462. The van der Waals surface area contributed by atoms with Crippen LogP contribution < -0.4 is 0 Å². The first-order valence-corrected chi connectivity index (χ1v) is 4.56. The van der Waals surface area contributed by atoms with Crippen LogP contribution in [0.3, 0.4) is 0 Å². The molecule has 4 nitrogen and oxygen atoms in total. The maximum atomic E-state index is 13.1. The molecule has 16 heavy (non-hydrogen) atoms. The number of carbonyl (C=O) groups excluding carboxylic acids is 1. The Morgan fingerprint density at radius 3 is 2.88 bits per heavy atom. The number of pyridine rings is 1. The lowest BCUT2D eigenvalue weighted by Gasteiger charge is -2.12. The van der Waals surface area contributed by atoms with Gasteiger partial charge in [-0.2, -0.15) is 4.39 Å². The van der Waals surface area contributed by atoms with Crippen LogP contribution in [-0.4, -0.2) is 30.8 Å². The van der Waals surface area contributed by atoms with Gasteiger partial charge >= 0.3 is 5.97 Å². The highest BCUT2D eigenvalue weighted by atomic mass is 19.2. The molecule has 0 saturated carbocycles. The minimum atomic E-state index is -1.33. The Bertz CT molecular complexity index is 384. The first-order valence-electron chi connectivity index (χ1n) is 4.56. The van der Waals surface area contributed by atoms with E-state index in [0.717, 1.165) is 12.3 Å². The molecule has 0 aromatic carbocycles. The van der Waals surface area contributed by atoms with Crippen molar-refractivity contribution in [1.82, 2.24) is 4.98 Å². The van der Waals surface area contributed by atoms with Crippen LogP contribution in [0.2, 0.25) is 0 Å². The van der Waals surface area contributed by atoms with Crippen LogP contribution >= 0.6 is 0 Å². The van der Waals surface area contributed by atoms with E-state index in [9.17, 15) is 13.6 Å². The molecule has 0 fully saturated rings. The van der Waals surface area contributed by atoms with Crippen LogP contribution in [0.25, 0.3) is 0 Å². The number of esters is 1. The van der Waals surface area contributed by atoms with Gasteiger partial charge in [0.2, 0.25) is 5.95 Å². The van der Waals surface area contributed by atoms with Crippen molar-refractivity contribution >= 4 is 5.97 Å². The van der Waals surface area contributed by atoms with Crippen molar-refractivity contribution in [3.05, 3.63) is 29.6 Å². The second-order valence-corrected chi connectivity index (χ2v) is 3.13. The molecule has 1 heterocycles. The summed E-state index contributed by atoms with van der Waals surface area (Å²) in [6.45, 7) is 1.76. The third-order valence-corrected chi connectivity index (χ3v) is 1.78. The maximum absolute atomic E-state index is 13.1. The van der Waals surface area contributed by atoms with Crippen molar-refractivity contribution < 1.29 is 23.0 Å². The van der Waals surface area contributed by atoms with Crippen molar-refractivity contribution in [3.63, 3.8) is 0 Å². The molecule has 6 heteroatoms. The number of halogens is 2. The highest BCUT2D eigenvalue weighted by Gasteiger charge is 2.19. The van der Waals surface area contributed by atoms with Gasteiger partial charge in [0.15, 0.2) is 5.82 Å². The van der Waals surface area contributed by atoms with Crippen LogP contribution in [0, 0.1) is 11.8 Å². The summed E-state index contributed by atoms with van der Waals surface area (Å²) >= 11 is 0. The summed E-state index contributed by atoms with van der Waals surface area (Å²) in [5, 5.41) is 0. The van der Waals surface area contributed by atoms with E-state index in [1.807, 2.05) is 0 Å². The quantitative estimate of drug-likeness (QED) is 0.582. The van der Waals surface area contributed by atoms with Crippen LogP contribution in [0.1, 0.15) is 17.3 Å². The topological polar surface area (TPSA) is 48.4 Å². The van der Waals surface area contributed by atoms with Crippen molar-refractivity contribution in [2.75, 3.05) is 13.7 Å². The molecule has 0 radical (unpaired) electrons. The number of aromatic nitrogens is 1.